The first-order valence-corrected chi connectivity index (χ1v) is 6.08. The topological polar surface area (TPSA) is 99.9 Å². The Morgan fingerprint density at radius 2 is 1.90 bits per heavy atom. The van der Waals surface area contributed by atoms with Crippen LogP contribution >= 0.6 is 0 Å². The first-order valence-electron chi connectivity index (χ1n) is 6.08. The number of nitrogens with two attached hydrogens (primary N) is 2. The van der Waals surface area contributed by atoms with Crippen molar-refractivity contribution in [2.24, 2.45) is 0 Å². The molecule has 1 aromatic carbocycles. The molecule has 20 heavy (non-hydrogen) atoms. The van der Waals surface area contributed by atoms with E-state index < -0.39 is 0 Å². The van der Waals surface area contributed by atoms with E-state index in [2.05, 4.69) is 15.0 Å². The molecule has 0 aliphatic carbocycles. The Balaban J connectivity index is 1.96. The predicted molar refractivity (Wildman–Crippen MR) is 76.9 cm³/mol. The molecule has 0 atom stereocenters. The van der Waals surface area contributed by atoms with Crippen molar-refractivity contribution in [3.8, 4) is 5.75 Å². The molecule has 3 rings (SSSR count). The fourth-order valence-corrected chi connectivity index (χ4v) is 1.95. The second-order valence-corrected chi connectivity index (χ2v) is 4.23. The Morgan fingerprint density at radius 3 is 2.70 bits per heavy atom. The molecule has 0 aliphatic rings. The number of nitrogen functional groups attached to an aromatic ring is 2. The summed E-state index contributed by atoms with van der Waals surface area (Å²) in [6.07, 6.45) is 1.72. The number of anilines is 2. The molecule has 0 bridgehead atoms. The Hall–Kier alpha value is -2.89. The average Bonchev–Trinajstić information content (AvgIpc) is 2.45. The van der Waals surface area contributed by atoms with E-state index in [4.69, 9.17) is 16.2 Å². The van der Waals surface area contributed by atoms with E-state index in [0.29, 0.717) is 29.1 Å². The summed E-state index contributed by atoms with van der Waals surface area (Å²) in [5.74, 6) is 1.08. The van der Waals surface area contributed by atoms with Gasteiger partial charge in [-0.1, -0.05) is 12.1 Å². The van der Waals surface area contributed by atoms with Gasteiger partial charge in [-0.3, -0.25) is 4.98 Å². The molecule has 0 unspecified atom stereocenters. The second kappa shape index (κ2) is 5.00. The van der Waals surface area contributed by atoms with Crippen LogP contribution in [0, 0.1) is 0 Å². The number of rotatable bonds is 3. The van der Waals surface area contributed by atoms with E-state index in [1.807, 2.05) is 36.4 Å². The lowest BCUT2D eigenvalue weighted by atomic mass is 10.2. The van der Waals surface area contributed by atoms with Gasteiger partial charge in [0.1, 0.15) is 18.2 Å². The van der Waals surface area contributed by atoms with Crippen molar-refractivity contribution in [1.29, 1.82) is 0 Å². The van der Waals surface area contributed by atoms with Gasteiger partial charge in [-0.15, -0.1) is 0 Å². The monoisotopic (exact) mass is 267 g/mol. The molecule has 100 valence electrons. The number of hydrogen-bond donors (Lipinski definition) is 2. The van der Waals surface area contributed by atoms with Crippen molar-refractivity contribution < 1.29 is 4.74 Å². The quantitative estimate of drug-likeness (QED) is 0.750. The smallest absolute Gasteiger partial charge is 0.222 e. The molecule has 2 heterocycles. The fraction of sp³-hybridized carbons (Fsp3) is 0.0714. The normalized spacial score (nSPS) is 10.6. The molecule has 0 aliphatic heterocycles. The van der Waals surface area contributed by atoms with Gasteiger partial charge in [0.25, 0.3) is 0 Å². The van der Waals surface area contributed by atoms with Crippen molar-refractivity contribution in [3.63, 3.8) is 0 Å². The number of ether oxygens (including phenoxy) is 1. The van der Waals surface area contributed by atoms with E-state index in [0.717, 1.165) is 5.69 Å². The van der Waals surface area contributed by atoms with Crippen LogP contribution in [0.4, 0.5) is 11.8 Å². The van der Waals surface area contributed by atoms with Gasteiger partial charge in [0.2, 0.25) is 5.95 Å². The lowest BCUT2D eigenvalue weighted by Gasteiger charge is -2.10. The van der Waals surface area contributed by atoms with Crippen molar-refractivity contribution in [2.45, 2.75) is 6.61 Å². The Bertz CT molecular complexity index is 745. The van der Waals surface area contributed by atoms with Crippen LogP contribution in [0.1, 0.15) is 5.69 Å². The molecule has 6 nitrogen and oxygen atoms in total. The third-order valence-corrected chi connectivity index (χ3v) is 2.83. The van der Waals surface area contributed by atoms with E-state index in [-0.39, 0.29) is 5.95 Å². The summed E-state index contributed by atoms with van der Waals surface area (Å²) in [4.78, 5) is 12.3. The zero-order chi connectivity index (χ0) is 13.9. The van der Waals surface area contributed by atoms with Crippen LogP contribution in [0.5, 0.6) is 5.75 Å². The Kier molecular flexibility index (Phi) is 3.04. The van der Waals surface area contributed by atoms with Crippen molar-refractivity contribution in [2.75, 3.05) is 11.5 Å². The van der Waals surface area contributed by atoms with Gasteiger partial charge in [-0.2, -0.15) is 4.98 Å². The standard InChI is InChI=1S/C14H13N5O/c15-13-12-10(18-14(16)19-13)5-3-6-11(12)20-8-9-4-1-2-7-17-9/h1-7H,8H2,(H4,15,16,18,19). The Morgan fingerprint density at radius 1 is 1.00 bits per heavy atom. The highest BCUT2D eigenvalue weighted by molar-refractivity contribution is 5.94. The van der Waals surface area contributed by atoms with Crippen LogP contribution in [0.25, 0.3) is 10.9 Å². The van der Waals surface area contributed by atoms with Gasteiger partial charge < -0.3 is 16.2 Å². The number of fused-ring (bicyclic) bond motifs is 1. The van der Waals surface area contributed by atoms with Crippen LogP contribution in [-0.4, -0.2) is 15.0 Å². The van der Waals surface area contributed by atoms with E-state index >= 15 is 0 Å². The lowest BCUT2D eigenvalue weighted by molar-refractivity contribution is 0.305. The zero-order valence-electron chi connectivity index (χ0n) is 10.7. The molecule has 3 aromatic rings. The highest BCUT2D eigenvalue weighted by Gasteiger charge is 2.09. The van der Waals surface area contributed by atoms with Gasteiger partial charge in [0.05, 0.1) is 16.6 Å². The molecule has 4 N–H and O–H groups in total. The molecular formula is C14H13N5O. The van der Waals surface area contributed by atoms with Crippen LogP contribution in [0.3, 0.4) is 0 Å². The summed E-state index contributed by atoms with van der Waals surface area (Å²) in [5.41, 5.74) is 13.0. The lowest BCUT2D eigenvalue weighted by Crippen LogP contribution is -2.03. The number of hydrogen-bond acceptors (Lipinski definition) is 6. The maximum atomic E-state index is 5.90. The largest absolute Gasteiger partial charge is 0.486 e. The number of aromatic nitrogens is 3. The van der Waals surface area contributed by atoms with Gasteiger partial charge >= 0.3 is 0 Å². The summed E-state index contributed by atoms with van der Waals surface area (Å²) < 4.78 is 5.76. The van der Waals surface area contributed by atoms with E-state index in [1.165, 1.54) is 0 Å². The number of pyridine rings is 1. The third-order valence-electron chi connectivity index (χ3n) is 2.83. The SMILES string of the molecule is Nc1nc(N)c2c(OCc3ccccn3)cccc2n1. The van der Waals surface area contributed by atoms with Crippen LogP contribution in [-0.2, 0) is 6.61 Å². The first kappa shape index (κ1) is 12.2. The molecule has 0 spiro atoms. The summed E-state index contributed by atoms with van der Waals surface area (Å²) in [5, 5.41) is 0.664. The molecule has 0 amide bonds. The van der Waals surface area contributed by atoms with Gasteiger partial charge in [-0.05, 0) is 24.3 Å². The van der Waals surface area contributed by atoms with Gasteiger partial charge in [0.15, 0.2) is 0 Å². The fourth-order valence-electron chi connectivity index (χ4n) is 1.95. The van der Waals surface area contributed by atoms with E-state index in [9.17, 15) is 0 Å². The summed E-state index contributed by atoms with van der Waals surface area (Å²) in [6.45, 7) is 0.351. The van der Waals surface area contributed by atoms with E-state index in [1.54, 1.807) is 6.20 Å². The maximum absolute atomic E-state index is 5.90. The molecule has 0 saturated carbocycles. The van der Waals surface area contributed by atoms with Gasteiger partial charge in [0, 0.05) is 6.20 Å². The van der Waals surface area contributed by atoms with Crippen LogP contribution < -0.4 is 16.2 Å². The first-order chi connectivity index (χ1) is 9.74. The molecule has 0 saturated heterocycles. The number of nitrogens with zero attached hydrogens (tertiary/aromatic N) is 3. The summed E-state index contributed by atoms with van der Waals surface area (Å²) in [6, 6.07) is 11.1. The minimum Gasteiger partial charge on any atom is -0.486 e. The Labute approximate surface area is 115 Å². The maximum Gasteiger partial charge on any atom is 0.222 e. The van der Waals surface area contributed by atoms with Crippen molar-refractivity contribution in [1.82, 2.24) is 15.0 Å². The highest BCUT2D eigenvalue weighted by atomic mass is 16.5. The molecule has 6 heteroatoms. The highest BCUT2D eigenvalue weighted by Crippen LogP contribution is 2.29. The molecule has 0 radical (unpaired) electrons. The molecule has 0 fully saturated rings. The van der Waals surface area contributed by atoms with Gasteiger partial charge in [-0.25, -0.2) is 4.98 Å². The number of benzene rings is 1. The van der Waals surface area contributed by atoms with Crippen molar-refractivity contribution >= 4 is 22.7 Å². The molecular weight excluding hydrogens is 254 g/mol. The summed E-state index contributed by atoms with van der Waals surface area (Å²) in [7, 11) is 0. The third kappa shape index (κ3) is 2.31. The van der Waals surface area contributed by atoms with Crippen molar-refractivity contribution in [3.05, 3.63) is 48.3 Å². The minimum absolute atomic E-state index is 0.150. The van der Waals surface area contributed by atoms with Crippen LogP contribution in [0.15, 0.2) is 42.6 Å². The minimum atomic E-state index is 0.150. The summed E-state index contributed by atoms with van der Waals surface area (Å²) >= 11 is 0. The molecule has 2 aromatic heterocycles. The average molecular weight is 267 g/mol. The zero-order valence-corrected chi connectivity index (χ0v) is 10.7. The predicted octanol–water partition coefficient (Wildman–Crippen LogP) is 1.77. The second-order valence-electron chi connectivity index (χ2n) is 4.23. The van der Waals surface area contributed by atoms with Crippen LogP contribution in [0.2, 0.25) is 0 Å².